The lowest BCUT2D eigenvalue weighted by Gasteiger charge is -2.29. The molecule has 2 atom stereocenters. The van der Waals surface area contributed by atoms with Gasteiger partial charge < -0.3 is 19.7 Å². The molecule has 2 rings (SSSR count). The number of rotatable bonds is 6. The second-order valence-corrected chi connectivity index (χ2v) is 5.43. The van der Waals surface area contributed by atoms with Gasteiger partial charge in [0, 0.05) is 37.8 Å². The molecule has 1 aromatic heterocycles. The summed E-state index contributed by atoms with van der Waals surface area (Å²) in [5.74, 6) is 0.838. The van der Waals surface area contributed by atoms with Crippen LogP contribution in [0.5, 0.6) is 0 Å². The van der Waals surface area contributed by atoms with E-state index in [4.69, 9.17) is 9.26 Å². The highest BCUT2D eigenvalue weighted by atomic mass is 16.5. The van der Waals surface area contributed by atoms with Crippen LogP contribution in [0.2, 0.25) is 0 Å². The number of ether oxygens (including phenoxy) is 1. The van der Waals surface area contributed by atoms with Crippen LogP contribution in [0.15, 0.2) is 4.52 Å². The molecule has 0 spiro atoms. The van der Waals surface area contributed by atoms with Gasteiger partial charge in [-0.25, -0.2) is 0 Å². The van der Waals surface area contributed by atoms with Crippen molar-refractivity contribution in [3.8, 4) is 0 Å². The summed E-state index contributed by atoms with van der Waals surface area (Å²) in [5, 5.41) is 17.4. The lowest BCUT2D eigenvalue weighted by atomic mass is 10.1. The summed E-state index contributed by atoms with van der Waals surface area (Å²) in [6, 6.07) is 0.126. The number of hydrogen-bond donors (Lipinski definition) is 2. The van der Waals surface area contributed by atoms with Crippen LogP contribution in [-0.2, 0) is 4.74 Å². The van der Waals surface area contributed by atoms with Gasteiger partial charge in [0.25, 0.3) is 0 Å². The van der Waals surface area contributed by atoms with E-state index in [9.17, 15) is 5.11 Å². The predicted octanol–water partition coefficient (Wildman–Crippen LogP) is 0.635. The Labute approximate surface area is 120 Å². The van der Waals surface area contributed by atoms with Crippen molar-refractivity contribution < 1.29 is 14.4 Å². The molecule has 2 unspecified atom stereocenters. The molecular weight excluding hydrogens is 258 g/mol. The summed E-state index contributed by atoms with van der Waals surface area (Å²) in [6.07, 6.45) is -0.379. The molecule has 0 radical (unpaired) electrons. The van der Waals surface area contributed by atoms with Gasteiger partial charge in [0.2, 0.25) is 0 Å². The number of aliphatic hydroxyl groups is 1. The lowest BCUT2D eigenvalue weighted by molar-refractivity contribution is 0.0145. The second-order valence-electron chi connectivity index (χ2n) is 5.43. The lowest BCUT2D eigenvalue weighted by Crippen LogP contribution is -2.44. The molecule has 2 heterocycles. The fourth-order valence-electron chi connectivity index (χ4n) is 2.67. The number of aryl methyl sites for hydroxylation is 2. The van der Waals surface area contributed by atoms with E-state index in [2.05, 4.69) is 22.3 Å². The van der Waals surface area contributed by atoms with Crippen LogP contribution < -0.4 is 5.32 Å². The van der Waals surface area contributed by atoms with Gasteiger partial charge in [-0.05, 0) is 20.8 Å². The highest BCUT2D eigenvalue weighted by Gasteiger charge is 2.18. The minimum atomic E-state index is -0.379. The molecule has 1 aliphatic rings. The Kier molecular flexibility index (Phi) is 5.54. The molecule has 0 amide bonds. The number of hydrogen-bond acceptors (Lipinski definition) is 6. The number of aromatic nitrogens is 1. The van der Waals surface area contributed by atoms with Crippen molar-refractivity contribution >= 4 is 0 Å². The maximum atomic E-state index is 10.1. The highest BCUT2D eigenvalue weighted by molar-refractivity contribution is 5.24. The Morgan fingerprint density at radius 2 is 2.05 bits per heavy atom. The minimum Gasteiger partial charge on any atom is -0.390 e. The highest BCUT2D eigenvalue weighted by Crippen LogP contribution is 2.20. The standard InChI is InChI=1S/C14H25N3O3/c1-10(14-11(2)16-20-12(14)3)15-8-13(18)9-17-4-6-19-7-5-17/h10,13,15,18H,4-9H2,1-3H3. The van der Waals surface area contributed by atoms with Crippen molar-refractivity contribution in [2.45, 2.75) is 32.9 Å². The van der Waals surface area contributed by atoms with E-state index in [-0.39, 0.29) is 12.1 Å². The normalized spacial score (nSPS) is 20.0. The monoisotopic (exact) mass is 283 g/mol. The molecule has 114 valence electrons. The molecule has 2 N–H and O–H groups in total. The van der Waals surface area contributed by atoms with E-state index in [0.717, 1.165) is 43.3 Å². The van der Waals surface area contributed by atoms with Crippen LogP contribution in [0.3, 0.4) is 0 Å². The molecule has 1 saturated heterocycles. The van der Waals surface area contributed by atoms with Gasteiger partial charge in [-0.15, -0.1) is 0 Å². The van der Waals surface area contributed by atoms with Crippen LogP contribution >= 0.6 is 0 Å². The topological polar surface area (TPSA) is 70.8 Å². The minimum absolute atomic E-state index is 0.126. The van der Waals surface area contributed by atoms with Crippen molar-refractivity contribution in [2.75, 3.05) is 39.4 Å². The van der Waals surface area contributed by atoms with Crippen molar-refractivity contribution in [1.82, 2.24) is 15.4 Å². The average molecular weight is 283 g/mol. The fraction of sp³-hybridized carbons (Fsp3) is 0.786. The molecular formula is C14H25N3O3. The van der Waals surface area contributed by atoms with Gasteiger partial charge in [-0.1, -0.05) is 5.16 Å². The van der Waals surface area contributed by atoms with Gasteiger partial charge in [-0.3, -0.25) is 4.90 Å². The smallest absolute Gasteiger partial charge is 0.138 e. The summed E-state index contributed by atoms with van der Waals surface area (Å²) in [6.45, 7) is 10.5. The summed E-state index contributed by atoms with van der Waals surface area (Å²) >= 11 is 0. The second kappa shape index (κ2) is 7.17. The first-order chi connectivity index (χ1) is 9.58. The van der Waals surface area contributed by atoms with Crippen LogP contribution in [0.4, 0.5) is 0 Å². The van der Waals surface area contributed by atoms with Crippen molar-refractivity contribution in [1.29, 1.82) is 0 Å². The van der Waals surface area contributed by atoms with Crippen molar-refractivity contribution in [3.63, 3.8) is 0 Å². The number of nitrogens with zero attached hydrogens (tertiary/aromatic N) is 2. The van der Waals surface area contributed by atoms with E-state index in [1.54, 1.807) is 0 Å². The molecule has 0 saturated carbocycles. The summed E-state index contributed by atoms with van der Waals surface area (Å²) in [5.41, 5.74) is 1.99. The number of nitrogens with one attached hydrogen (secondary N) is 1. The molecule has 1 aromatic rings. The third-order valence-corrected chi connectivity index (χ3v) is 3.75. The maximum absolute atomic E-state index is 10.1. The van der Waals surface area contributed by atoms with Crippen LogP contribution in [0.25, 0.3) is 0 Å². The van der Waals surface area contributed by atoms with Gasteiger partial charge in [0.15, 0.2) is 0 Å². The first kappa shape index (κ1) is 15.4. The van der Waals surface area contributed by atoms with Crippen LogP contribution in [-0.4, -0.2) is 60.7 Å². The SMILES string of the molecule is Cc1noc(C)c1C(C)NCC(O)CN1CCOCC1. The zero-order valence-electron chi connectivity index (χ0n) is 12.6. The van der Waals surface area contributed by atoms with E-state index < -0.39 is 0 Å². The number of aliphatic hydroxyl groups excluding tert-OH is 1. The van der Waals surface area contributed by atoms with Gasteiger partial charge >= 0.3 is 0 Å². The Bertz CT molecular complexity index is 396. The zero-order chi connectivity index (χ0) is 14.5. The van der Waals surface area contributed by atoms with Crippen molar-refractivity contribution in [3.05, 3.63) is 17.0 Å². The summed E-state index contributed by atoms with van der Waals surface area (Å²) in [4.78, 5) is 2.23. The van der Waals surface area contributed by atoms with Crippen LogP contribution in [0.1, 0.15) is 30.0 Å². The number of β-amino-alcohol motifs (C(OH)–C–C–N with tert-alkyl or cyclic N) is 1. The fourth-order valence-corrected chi connectivity index (χ4v) is 2.67. The Hall–Kier alpha value is -0.950. The number of morpholine rings is 1. The van der Waals surface area contributed by atoms with E-state index >= 15 is 0 Å². The van der Waals surface area contributed by atoms with Crippen molar-refractivity contribution in [2.24, 2.45) is 0 Å². The van der Waals surface area contributed by atoms with Gasteiger partial charge in [0.1, 0.15) is 5.76 Å². The average Bonchev–Trinajstić information content (AvgIpc) is 2.77. The van der Waals surface area contributed by atoms with Crippen LogP contribution in [0, 0.1) is 13.8 Å². The Balaban J connectivity index is 1.76. The quantitative estimate of drug-likeness (QED) is 0.798. The van der Waals surface area contributed by atoms with Gasteiger partial charge in [-0.2, -0.15) is 0 Å². The molecule has 0 bridgehead atoms. The zero-order valence-corrected chi connectivity index (χ0v) is 12.6. The Morgan fingerprint density at radius 3 is 2.65 bits per heavy atom. The summed E-state index contributed by atoms with van der Waals surface area (Å²) < 4.78 is 10.5. The first-order valence-electron chi connectivity index (χ1n) is 7.22. The third-order valence-electron chi connectivity index (χ3n) is 3.75. The molecule has 0 aromatic carbocycles. The Morgan fingerprint density at radius 1 is 1.35 bits per heavy atom. The molecule has 6 heteroatoms. The summed E-state index contributed by atoms with van der Waals surface area (Å²) in [7, 11) is 0. The van der Waals surface area contributed by atoms with E-state index in [0.29, 0.717) is 13.1 Å². The predicted molar refractivity (Wildman–Crippen MR) is 75.7 cm³/mol. The molecule has 0 aliphatic carbocycles. The maximum Gasteiger partial charge on any atom is 0.138 e. The molecule has 6 nitrogen and oxygen atoms in total. The molecule has 1 fully saturated rings. The molecule has 1 aliphatic heterocycles. The van der Waals surface area contributed by atoms with E-state index in [1.807, 2.05) is 13.8 Å². The third kappa shape index (κ3) is 4.02. The largest absolute Gasteiger partial charge is 0.390 e. The molecule has 20 heavy (non-hydrogen) atoms. The van der Waals surface area contributed by atoms with Gasteiger partial charge in [0.05, 0.1) is 25.0 Å². The van der Waals surface area contributed by atoms with E-state index in [1.165, 1.54) is 0 Å². The first-order valence-corrected chi connectivity index (χ1v) is 7.22.